The Hall–Kier alpha value is -2.14. The minimum atomic E-state index is -0.388. The number of esters is 1. The zero-order chi connectivity index (χ0) is 16.7. The molecule has 2 aromatic carbocycles. The summed E-state index contributed by atoms with van der Waals surface area (Å²) in [5.41, 5.74) is 1.54. The molecule has 1 atom stereocenters. The van der Waals surface area contributed by atoms with Gasteiger partial charge in [0.05, 0.1) is 11.6 Å². The Morgan fingerprint density at radius 2 is 1.74 bits per heavy atom. The number of carbonyl (C=O) groups excluding carboxylic acids is 2. The third-order valence-corrected chi connectivity index (χ3v) is 4.08. The number of carbonyl (C=O) groups is 2. The van der Waals surface area contributed by atoms with Gasteiger partial charge in [0, 0.05) is 4.47 Å². The first-order valence-electron chi connectivity index (χ1n) is 7.37. The number of nitrogens with one attached hydrogen (secondary N) is 1. The van der Waals surface area contributed by atoms with E-state index in [0.717, 1.165) is 10.0 Å². The highest BCUT2D eigenvalue weighted by molar-refractivity contribution is 9.10. The van der Waals surface area contributed by atoms with Crippen LogP contribution in [0, 0.1) is 0 Å². The average molecular weight is 376 g/mol. The number of rotatable bonds is 6. The number of amides is 1. The lowest BCUT2D eigenvalue weighted by Crippen LogP contribution is -2.24. The van der Waals surface area contributed by atoms with Crippen LogP contribution in [0.2, 0.25) is 0 Å². The number of anilines is 1. The van der Waals surface area contributed by atoms with Crippen LogP contribution >= 0.6 is 15.9 Å². The van der Waals surface area contributed by atoms with Crippen molar-refractivity contribution < 1.29 is 14.3 Å². The van der Waals surface area contributed by atoms with Crippen molar-refractivity contribution in [2.75, 3.05) is 11.9 Å². The highest BCUT2D eigenvalue weighted by Gasteiger charge is 2.21. The molecule has 5 heteroatoms. The number of hydrogen-bond donors (Lipinski definition) is 1. The van der Waals surface area contributed by atoms with E-state index in [1.165, 1.54) is 0 Å². The molecule has 0 fully saturated rings. The third-order valence-electron chi connectivity index (χ3n) is 3.39. The van der Waals surface area contributed by atoms with Crippen LogP contribution in [0.15, 0.2) is 59.1 Å². The van der Waals surface area contributed by atoms with E-state index in [1.807, 2.05) is 55.5 Å². The fourth-order valence-electron chi connectivity index (χ4n) is 2.21. The highest BCUT2D eigenvalue weighted by Crippen LogP contribution is 2.22. The van der Waals surface area contributed by atoms with Gasteiger partial charge in [0.25, 0.3) is 5.91 Å². The zero-order valence-corrected chi connectivity index (χ0v) is 14.4. The SMILES string of the molecule is CC[C@@H](C(=O)OCC(=O)Nc1ccccc1Br)c1ccccc1. The lowest BCUT2D eigenvalue weighted by Gasteiger charge is -2.14. The van der Waals surface area contributed by atoms with Gasteiger partial charge in [0.15, 0.2) is 6.61 Å². The predicted molar refractivity (Wildman–Crippen MR) is 93.2 cm³/mol. The summed E-state index contributed by atoms with van der Waals surface area (Å²) in [7, 11) is 0. The van der Waals surface area contributed by atoms with E-state index >= 15 is 0 Å². The second-order valence-corrected chi connectivity index (χ2v) is 5.86. The molecule has 0 bridgehead atoms. The number of hydrogen-bond acceptors (Lipinski definition) is 3. The molecule has 0 spiro atoms. The van der Waals surface area contributed by atoms with Gasteiger partial charge in [-0.15, -0.1) is 0 Å². The molecule has 0 unspecified atom stereocenters. The van der Waals surface area contributed by atoms with Crippen LogP contribution in [0.3, 0.4) is 0 Å². The molecule has 4 nitrogen and oxygen atoms in total. The normalized spacial score (nSPS) is 11.6. The van der Waals surface area contributed by atoms with Crippen molar-refractivity contribution in [2.45, 2.75) is 19.3 Å². The van der Waals surface area contributed by atoms with E-state index in [-0.39, 0.29) is 24.4 Å². The van der Waals surface area contributed by atoms with Gasteiger partial charge in [0.2, 0.25) is 0 Å². The van der Waals surface area contributed by atoms with Gasteiger partial charge in [-0.2, -0.15) is 0 Å². The maximum absolute atomic E-state index is 12.2. The standard InChI is InChI=1S/C18H18BrNO3/c1-2-14(13-8-4-3-5-9-13)18(22)23-12-17(21)20-16-11-7-6-10-15(16)19/h3-11,14H,2,12H2,1H3,(H,20,21)/t14-/m1/s1. The minimum Gasteiger partial charge on any atom is -0.455 e. The van der Waals surface area contributed by atoms with Crippen LogP contribution in [0.25, 0.3) is 0 Å². The molecule has 0 saturated heterocycles. The maximum atomic E-state index is 12.2. The van der Waals surface area contributed by atoms with E-state index in [2.05, 4.69) is 21.2 Å². The second kappa shape index (κ2) is 8.48. The molecule has 2 rings (SSSR count). The van der Waals surface area contributed by atoms with Gasteiger partial charge >= 0.3 is 5.97 Å². The van der Waals surface area contributed by atoms with Crippen molar-refractivity contribution in [1.82, 2.24) is 0 Å². The van der Waals surface area contributed by atoms with Crippen LogP contribution in [0.4, 0.5) is 5.69 Å². The highest BCUT2D eigenvalue weighted by atomic mass is 79.9. The number of benzene rings is 2. The van der Waals surface area contributed by atoms with Gasteiger partial charge in [-0.3, -0.25) is 9.59 Å². The van der Waals surface area contributed by atoms with Crippen molar-refractivity contribution in [1.29, 1.82) is 0 Å². The summed E-state index contributed by atoms with van der Waals surface area (Å²) >= 11 is 3.35. The third kappa shape index (κ3) is 4.93. The van der Waals surface area contributed by atoms with Gasteiger partial charge in [0.1, 0.15) is 0 Å². The van der Waals surface area contributed by atoms with E-state index in [4.69, 9.17) is 4.74 Å². The molecule has 0 aromatic heterocycles. The van der Waals surface area contributed by atoms with Crippen LogP contribution in [0.1, 0.15) is 24.8 Å². The summed E-state index contributed by atoms with van der Waals surface area (Å²) in [6.45, 7) is 1.61. The van der Waals surface area contributed by atoms with Gasteiger partial charge < -0.3 is 10.1 Å². The summed E-state index contributed by atoms with van der Waals surface area (Å²) in [6, 6.07) is 16.7. The van der Waals surface area contributed by atoms with Gasteiger partial charge in [-0.1, -0.05) is 49.4 Å². The molecule has 1 amide bonds. The molecule has 120 valence electrons. The number of halogens is 1. The Balaban J connectivity index is 1.90. The summed E-state index contributed by atoms with van der Waals surface area (Å²) in [5.74, 6) is -1.11. The fourth-order valence-corrected chi connectivity index (χ4v) is 2.59. The van der Waals surface area contributed by atoms with Crippen LogP contribution in [-0.4, -0.2) is 18.5 Å². The zero-order valence-electron chi connectivity index (χ0n) is 12.8. The number of para-hydroxylation sites is 1. The molecular formula is C18H18BrNO3. The summed E-state index contributed by atoms with van der Waals surface area (Å²) in [5, 5.41) is 2.70. The Morgan fingerprint density at radius 3 is 2.39 bits per heavy atom. The monoisotopic (exact) mass is 375 g/mol. The van der Waals surface area contributed by atoms with Crippen molar-refractivity contribution >= 4 is 33.5 Å². The Kier molecular flexibility index (Phi) is 6.35. The van der Waals surface area contributed by atoms with E-state index < -0.39 is 0 Å². The van der Waals surface area contributed by atoms with E-state index in [9.17, 15) is 9.59 Å². The van der Waals surface area contributed by atoms with E-state index in [1.54, 1.807) is 6.07 Å². The largest absolute Gasteiger partial charge is 0.455 e. The molecule has 0 radical (unpaired) electrons. The topological polar surface area (TPSA) is 55.4 Å². The summed E-state index contributed by atoms with van der Waals surface area (Å²) in [4.78, 5) is 24.1. The predicted octanol–water partition coefficient (Wildman–Crippen LogP) is 4.12. The van der Waals surface area contributed by atoms with Crippen molar-refractivity contribution in [2.24, 2.45) is 0 Å². The lowest BCUT2D eigenvalue weighted by atomic mass is 9.97. The Labute approximate surface area is 144 Å². The lowest BCUT2D eigenvalue weighted by molar-refractivity contribution is -0.149. The minimum absolute atomic E-state index is 0.302. The molecule has 1 N–H and O–H groups in total. The molecular weight excluding hydrogens is 358 g/mol. The first-order chi connectivity index (χ1) is 11.1. The molecule has 0 aliphatic carbocycles. The Bertz CT molecular complexity index is 673. The molecule has 0 saturated carbocycles. The quantitative estimate of drug-likeness (QED) is 0.772. The number of ether oxygens (including phenoxy) is 1. The summed E-state index contributed by atoms with van der Waals surface area (Å²) in [6.07, 6.45) is 0.620. The Morgan fingerprint density at radius 1 is 1.09 bits per heavy atom. The van der Waals surface area contributed by atoms with Crippen molar-refractivity contribution in [3.05, 3.63) is 64.6 Å². The fraction of sp³-hybridized carbons (Fsp3) is 0.222. The van der Waals surface area contributed by atoms with Gasteiger partial charge in [-0.25, -0.2) is 0 Å². The first kappa shape index (κ1) is 17.2. The smallest absolute Gasteiger partial charge is 0.313 e. The molecule has 0 heterocycles. The van der Waals surface area contributed by atoms with Crippen molar-refractivity contribution in [3.63, 3.8) is 0 Å². The molecule has 2 aromatic rings. The van der Waals surface area contributed by atoms with Crippen LogP contribution < -0.4 is 5.32 Å². The molecule has 23 heavy (non-hydrogen) atoms. The van der Waals surface area contributed by atoms with Gasteiger partial charge in [-0.05, 0) is 40.0 Å². The van der Waals surface area contributed by atoms with Crippen LogP contribution in [-0.2, 0) is 14.3 Å². The average Bonchev–Trinajstić information content (AvgIpc) is 2.57. The molecule has 0 aliphatic heterocycles. The first-order valence-corrected chi connectivity index (χ1v) is 8.17. The second-order valence-electron chi connectivity index (χ2n) is 5.01. The van der Waals surface area contributed by atoms with Crippen LogP contribution in [0.5, 0.6) is 0 Å². The van der Waals surface area contributed by atoms with Crippen molar-refractivity contribution in [3.8, 4) is 0 Å². The molecule has 0 aliphatic rings. The van der Waals surface area contributed by atoms with E-state index in [0.29, 0.717) is 12.1 Å². The maximum Gasteiger partial charge on any atom is 0.313 e. The summed E-state index contributed by atoms with van der Waals surface area (Å²) < 4.78 is 5.93.